The number of nitriles is 1. The fraction of sp³-hybridized carbons (Fsp3) is 0.333. The average molecular weight is 165 g/mol. The maximum Gasteiger partial charge on any atom is 0.507 e. The van der Waals surface area contributed by atoms with E-state index in [1.807, 2.05) is 6.07 Å². The summed E-state index contributed by atoms with van der Waals surface area (Å²) in [5.74, 6) is 0. The molecule has 2 N–H and O–H groups in total. The van der Waals surface area contributed by atoms with Gasteiger partial charge in [-0.2, -0.15) is 10.4 Å². The summed E-state index contributed by atoms with van der Waals surface area (Å²) < 4.78 is 1.27. The second kappa shape index (κ2) is 3.39. The molecule has 1 heterocycles. The van der Waals surface area contributed by atoms with Gasteiger partial charge in [0.15, 0.2) is 0 Å². The molecule has 1 aromatic rings. The summed E-state index contributed by atoms with van der Waals surface area (Å²) in [5.41, 5.74) is 0.226. The molecule has 0 aromatic carbocycles. The molecule has 0 saturated carbocycles. The van der Waals surface area contributed by atoms with E-state index in [0.717, 1.165) is 0 Å². The van der Waals surface area contributed by atoms with E-state index < -0.39 is 13.2 Å². The zero-order valence-corrected chi connectivity index (χ0v) is 6.55. The predicted octanol–water partition coefficient (Wildman–Crippen LogP) is -1.35. The largest absolute Gasteiger partial charge is 0.507 e. The predicted molar refractivity (Wildman–Crippen MR) is 42.4 cm³/mol. The smallest absolute Gasteiger partial charge is 0.422 e. The maximum absolute atomic E-state index is 8.82. The standard InChI is InChI=1S/C6H8BN3O2/c1-5(4-8)10-6(7(11)12)2-3-9-10/h2-3,5,11-12H,1H3. The molecular formula is C6H8BN3O2. The molecule has 1 rings (SSSR count). The van der Waals surface area contributed by atoms with Crippen LogP contribution in [-0.2, 0) is 0 Å². The highest BCUT2D eigenvalue weighted by atomic mass is 16.4. The van der Waals surface area contributed by atoms with Gasteiger partial charge in [0.25, 0.3) is 0 Å². The van der Waals surface area contributed by atoms with Crippen molar-refractivity contribution in [3.63, 3.8) is 0 Å². The normalized spacial score (nSPS) is 12.2. The van der Waals surface area contributed by atoms with Gasteiger partial charge in [0, 0.05) is 6.20 Å². The fourth-order valence-corrected chi connectivity index (χ4v) is 0.907. The number of rotatable bonds is 2. The third kappa shape index (κ3) is 1.47. The molecule has 0 amide bonds. The number of nitrogens with zero attached hydrogens (tertiary/aromatic N) is 3. The quantitative estimate of drug-likeness (QED) is 0.530. The van der Waals surface area contributed by atoms with Crippen LogP contribution in [0.25, 0.3) is 0 Å². The topological polar surface area (TPSA) is 82.1 Å². The zero-order valence-electron chi connectivity index (χ0n) is 6.55. The molecule has 1 atom stereocenters. The summed E-state index contributed by atoms with van der Waals surface area (Å²) in [5, 5.41) is 30.0. The lowest BCUT2D eigenvalue weighted by Crippen LogP contribution is -2.37. The Balaban J connectivity index is 3.01. The first-order valence-electron chi connectivity index (χ1n) is 3.46. The Kier molecular flexibility index (Phi) is 2.48. The first kappa shape index (κ1) is 8.78. The minimum atomic E-state index is -1.58. The molecule has 0 aliphatic carbocycles. The van der Waals surface area contributed by atoms with Crippen molar-refractivity contribution in [2.45, 2.75) is 13.0 Å². The monoisotopic (exact) mass is 165 g/mol. The molecule has 0 bridgehead atoms. The summed E-state index contributed by atoms with van der Waals surface area (Å²) in [7, 11) is -1.58. The number of hydrogen-bond acceptors (Lipinski definition) is 4. The van der Waals surface area contributed by atoms with Gasteiger partial charge in [0.1, 0.15) is 6.04 Å². The Morgan fingerprint density at radius 3 is 2.92 bits per heavy atom. The van der Waals surface area contributed by atoms with E-state index in [9.17, 15) is 0 Å². The molecule has 0 fully saturated rings. The molecule has 0 aliphatic heterocycles. The Hall–Kier alpha value is -1.32. The van der Waals surface area contributed by atoms with Gasteiger partial charge < -0.3 is 10.0 Å². The van der Waals surface area contributed by atoms with Crippen LogP contribution < -0.4 is 5.59 Å². The van der Waals surface area contributed by atoms with Gasteiger partial charge >= 0.3 is 7.12 Å². The molecule has 6 heteroatoms. The van der Waals surface area contributed by atoms with Crippen LogP contribution in [0.2, 0.25) is 0 Å². The molecule has 12 heavy (non-hydrogen) atoms. The zero-order chi connectivity index (χ0) is 9.14. The van der Waals surface area contributed by atoms with Gasteiger partial charge in [-0.1, -0.05) is 0 Å². The highest BCUT2D eigenvalue weighted by Gasteiger charge is 2.19. The molecule has 1 unspecified atom stereocenters. The second-order valence-corrected chi connectivity index (χ2v) is 2.38. The van der Waals surface area contributed by atoms with Crippen molar-refractivity contribution in [1.82, 2.24) is 9.78 Å². The fourth-order valence-electron chi connectivity index (χ4n) is 0.907. The lowest BCUT2D eigenvalue weighted by atomic mass is 9.86. The molecule has 5 nitrogen and oxygen atoms in total. The van der Waals surface area contributed by atoms with E-state index in [0.29, 0.717) is 0 Å². The maximum atomic E-state index is 8.82. The highest BCUT2D eigenvalue weighted by Crippen LogP contribution is 1.98. The second-order valence-electron chi connectivity index (χ2n) is 2.38. The molecule has 0 aliphatic rings. The molecule has 0 radical (unpaired) electrons. The molecular weight excluding hydrogens is 157 g/mol. The van der Waals surface area contributed by atoms with E-state index in [1.54, 1.807) is 6.92 Å². The van der Waals surface area contributed by atoms with Crippen molar-refractivity contribution in [3.8, 4) is 6.07 Å². The third-order valence-corrected chi connectivity index (χ3v) is 1.52. The van der Waals surface area contributed by atoms with Crippen molar-refractivity contribution in [1.29, 1.82) is 5.26 Å². The molecule has 0 saturated heterocycles. The highest BCUT2D eigenvalue weighted by molar-refractivity contribution is 6.57. The minimum absolute atomic E-state index is 0.226. The van der Waals surface area contributed by atoms with E-state index in [4.69, 9.17) is 15.3 Å². The van der Waals surface area contributed by atoms with Gasteiger partial charge in [-0.25, -0.2) is 0 Å². The number of aromatic nitrogens is 2. The van der Waals surface area contributed by atoms with Crippen LogP contribution in [0.15, 0.2) is 12.3 Å². The van der Waals surface area contributed by atoms with Gasteiger partial charge in [0.05, 0.1) is 11.7 Å². The SMILES string of the molecule is CC(C#N)n1nccc1B(O)O. The molecule has 62 valence electrons. The van der Waals surface area contributed by atoms with Crippen LogP contribution in [0.4, 0.5) is 0 Å². The van der Waals surface area contributed by atoms with Crippen molar-refractivity contribution < 1.29 is 10.0 Å². The van der Waals surface area contributed by atoms with Crippen molar-refractivity contribution in [2.75, 3.05) is 0 Å². The van der Waals surface area contributed by atoms with Gasteiger partial charge in [0.2, 0.25) is 0 Å². The van der Waals surface area contributed by atoms with E-state index in [-0.39, 0.29) is 5.59 Å². The van der Waals surface area contributed by atoms with Gasteiger partial charge in [-0.3, -0.25) is 4.68 Å². The van der Waals surface area contributed by atoms with Gasteiger partial charge in [-0.05, 0) is 13.0 Å². The van der Waals surface area contributed by atoms with Crippen molar-refractivity contribution >= 4 is 12.7 Å². The summed E-state index contributed by atoms with van der Waals surface area (Å²) in [6, 6.07) is 2.91. The molecule has 1 aromatic heterocycles. The summed E-state index contributed by atoms with van der Waals surface area (Å²) in [6.07, 6.45) is 1.42. The Bertz CT molecular complexity index is 304. The number of hydrogen-bond donors (Lipinski definition) is 2. The third-order valence-electron chi connectivity index (χ3n) is 1.52. The van der Waals surface area contributed by atoms with Crippen molar-refractivity contribution in [2.24, 2.45) is 0 Å². The lowest BCUT2D eigenvalue weighted by molar-refractivity contribution is 0.418. The Morgan fingerprint density at radius 1 is 1.75 bits per heavy atom. The first-order chi connectivity index (χ1) is 5.66. The van der Waals surface area contributed by atoms with Crippen LogP contribution in [0.5, 0.6) is 0 Å². The Morgan fingerprint density at radius 2 is 2.42 bits per heavy atom. The average Bonchev–Trinajstić information content (AvgIpc) is 2.50. The first-order valence-corrected chi connectivity index (χ1v) is 3.46. The van der Waals surface area contributed by atoms with E-state index in [1.165, 1.54) is 16.9 Å². The summed E-state index contributed by atoms with van der Waals surface area (Å²) in [4.78, 5) is 0. The lowest BCUT2D eigenvalue weighted by Gasteiger charge is -2.07. The van der Waals surface area contributed by atoms with Crippen LogP contribution in [-0.4, -0.2) is 26.9 Å². The minimum Gasteiger partial charge on any atom is -0.422 e. The van der Waals surface area contributed by atoms with Crippen molar-refractivity contribution in [3.05, 3.63) is 12.3 Å². The van der Waals surface area contributed by atoms with Crippen LogP contribution in [0, 0.1) is 11.3 Å². The van der Waals surface area contributed by atoms with E-state index in [2.05, 4.69) is 5.10 Å². The molecule has 0 spiro atoms. The summed E-state index contributed by atoms with van der Waals surface area (Å²) >= 11 is 0. The van der Waals surface area contributed by atoms with Crippen LogP contribution in [0.1, 0.15) is 13.0 Å². The summed E-state index contributed by atoms with van der Waals surface area (Å²) in [6.45, 7) is 1.62. The van der Waals surface area contributed by atoms with E-state index >= 15 is 0 Å². The Labute approximate surface area is 70.0 Å². The van der Waals surface area contributed by atoms with Gasteiger partial charge in [-0.15, -0.1) is 0 Å². The van der Waals surface area contributed by atoms with Crippen LogP contribution in [0.3, 0.4) is 0 Å². The van der Waals surface area contributed by atoms with Crippen LogP contribution >= 0.6 is 0 Å².